The van der Waals surface area contributed by atoms with Gasteiger partial charge in [-0.2, -0.15) is 5.10 Å². The Hall–Kier alpha value is -1.82. The minimum Gasteiger partial charge on any atom is -0.358 e. The third kappa shape index (κ3) is 4.69. The van der Waals surface area contributed by atoms with Crippen LogP contribution in [-0.4, -0.2) is 17.9 Å². The average molecular weight is 255 g/mol. The molecule has 0 fully saturated rings. The standard InChI is InChI=1S/C11H11F2N3S/c1-2-5-14-11(17)16-15-7-8-3-4-9(12)6-10(8)13/h2-4,6-7H,1,5H2,(H2,14,16,17). The number of nitrogens with zero attached hydrogens (tertiary/aromatic N) is 1. The van der Waals surface area contributed by atoms with Gasteiger partial charge in [-0.25, -0.2) is 8.78 Å². The van der Waals surface area contributed by atoms with Crippen LogP contribution in [0.25, 0.3) is 0 Å². The van der Waals surface area contributed by atoms with Crippen LogP contribution < -0.4 is 10.7 Å². The second-order valence-corrected chi connectivity index (χ2v) is 3.44. The first-order valence-corrected chi connectivity index (χ1v) is 5.17. The summed E-state index contributed by atoms with van der Waals surface area (Å²) < 4.78 is 25.8. The lowest BCUT2D eigenvalue weighted by molar-refractivity contribution is 0.582. The van der Waals surface area contributed by atoms with Gasteiger partial charge in [-0.1, -0.05) is 6.08 Å². The molecule has 6 heteroatoms. The summed E-state index contributed by atoms with van der Waals surface area (Å²) in [5, 5.41) is 6.78. The van der Waals surface area contributed by atoms with E-state index in [9.17, 15) is 8.78 Å². The van der Waals surface area contributed by atoms with Gasteiger partial charge < -0.3 is 5.32 Å². The molecule has 0 aliphatic carbocycles. The van der Waals surface area contributed by atoms with E-state index in [1.165, 1.54) is 12.3 Å². The van der Waals surface area contributed by atoms with Crippen molar-refractivity contribution >= 4 is 23.5 Å². The van der Waals surface area contributed by atoms with Crippen LogP contribution in [0.2, 0.25) is 0 Å². The van der Waals surface area contributed by atoms with E-state index in [4.69, 9.17) is 12.2 Å². The maximum atomic E-state index is 13.2. The van der Waals surface area contributed by atoms with Crippen molar-refractivity contribution in [2.45, 2.75) is 0 Å². The fraction of sp³-hybridized carbons (Fsp3) is 0.0909. The fourth-order valence-corrected chi connectivity index (χ4v) is 1.11. The van der Waals surface area contributed by atoms with E-state index in [0.29, 0.717) is 11.7 Å². The number of rotatable bonds is 4. The molecule has 0 amide bonds. The van der Waals surface area contributed by atoms with Crippen LogP contribution in [0.4, 0.5) is 8.78 Å². The molecule has 0 heterocycles. The summed E-state index contributed by atoms with van der Waals surface area (Å²) in [6.07, 6.45) is 2.86. The number of hydrazone groups is 1. The van der Waals surface area contributed by atoms with Gasteiger partial charge in [0.25, 0.3) is 0 Å². The number of hydrogen-bond acceptors (Lipinski definition) is 2. The first kappa shape index (κ1) is 13.2. The number of hydrogen-bond donors (Lipinski definition) is 2. The van der Waals surface area contributed by atoms with Crippen LogP contribution in [0.15, 0.2) is 36.0 Å². The Labute approximate surface area is 103 Å². The first-order chi connectivity index (χ1) is 8.13. The molecule has 0 aliphatic rings. The molecule has 0 bridgehead atoms. The lowest BCUT2D eigenvalue weighted by atomic mass is 10.2. The molecule has 0 unspecified atom stereocenters. The molecule has 0 saturated heterocycles. The number of halogens is 2. The molecule has 0 aliphatic heterocycles. The van der Waals surface area contributed by atoms with Gasteiger partial charge >= 0.3 is 0 Å². The zero-order chi connectivity index (χ0) is 12.7. The molecular formula is C11H11F2N3S. The van der Waals surface area contributed by atoms with E-state index in [1.807, 2.05) is 0 Å². The van der Waals surface area contributed by atoms with Crippen molar-refractivity contribution in [3.63, 3.8) is 0 Å². The monoisotopic (exact) mass is 255 g/mol. The molecule has 17 heavy (non-hydrogen) atoms. The topological polar surface area (TPSA) is 36.4 Å². The number of thiocarbonyl (C=S) groups is 1. The summed E-state index contributed by atoms with van der Waals surface area (Å²) >= 11 is 4.85. The van der Waals surface area contributed by atoms with Crippen molar-refractivity contribution in [2.75, 3.05) is 6.54 Å². The molecule has 90 valence electrons. The summed E-state index contributed by atoms with van der Waals surface area (Å²) in [7, 11) is 0. The molecule has 3 nitrogen and oxygen atoms in total. The molecule has 2 N–H and O–H groups in total. The quantitative estimate of drug-likeness (QED) is 0.374. The molecule has 1 rings (SSSR count). The van der Waals surface area contributed by atoms with Gasteiger partial charge in [0.15, 0.2) is 5.11 Å². The van der Waals surface area contributed by atoms with E-state index < -0.39 is 11.6 Å². The van der Waals surface area contributed by atoms with Crippen molar-refractivity contribution in [3.8, 4) is 0 Å². The third-order valence-corrected chi connectivity index (χ3v) is 1.97. The molecule has 0 radical (unpaired) electrons. The molecule has 1 aromatic rings. The van der Waals surface area contributed by atoms with Gasteiger partial charge in [-0.3, -0.25) is 5.43 Å². The van der Waals surface area contributed by atoms with E-state index in [2.05, 4.69) is 22.4 Å². The zero-order valence-corrected chi connectivity index (χ0v) is 9.73. The van der Waals surface area contributed by atoms with Crippen molar-refractivity contribution in [2.24, 2.45) is 5.10 Å². The highest BCUT2D eigenvalue weighted by Gasteiger charge is 2.00. The summed E-state index contributed by atoms with van der Waals surface area (Å²) in [5.74, 6) is -1.31. The second-order valence-electron chi connectivity index (χ2n) is 3.03. The summed E-state index contributed by atoms with van der Waals surface area (Å²) in [6, 6.07) is 3.23. The molecule has 0 saturated carbocycles. The predicted molar refractivity (Wildman–Crippen MR) is 67.9 cm³/mol. The van der Waals surface area contributed by atoms with Crippen LogP contribution in [0.1, 0.15) is 5.56 Å². The van der Waals surface area contributed by atoms with Gasteiger partial charge in [0.2, 0.25) is 0 Å². The zero-order valence-electron chi connectivity index (χ0n) is 8.91. The van der Waals surface area contributed by atoms with Crippen LogP contribution in [0, 0.1) is 11.6 Å². The minimum absolute atomic E-state index is 0.172. The highest BCUT2D eigenvalue weighted by atomic mass is 32.1. The number of benzene rings is 1. The molecule has 0 aromatic heterocycles. The molecule has 1 aromatic carbocycles. The van der Waals surface area contributed by atoms with Crippen molar-refractivity contribution < 1.29 is 8.78 Å². The normalized spacial score (nSPS) is 10.2. The Bertz CT molecular complexity index is 446. The Morgan fingerprint density at radius 3 is 2.88 bits per heavy atom. The summed E-state index contributed by atoms with van der Waals surface area (Å²) in [6.45, 7) is 4.01. The largest absolute Gasteiger partial charge is 0.358 e. The van der Waals surface area contributed by atoms with Crippen LogP contribution >= 0.6 is 12.2 Å². The first-order valence-electron chi connectivity index (χ1n) is 4.76. The van der Waals surface area contributed by atoms with Crippen molar-refractivity contribution in [1.82, 2.24) is 10.7 Å². The maximum absolute atomic E-state index is 13.2. The Balaban J connectivity index is 2.53. The predicted octanol–water partition coefficient (Wildman–Crippen LogP) is 1.95. The van der Waals surface area contributed by atoms with Crippen molar-refractivity contribution in [3.05, 3.63) is 48.1 Å². The summed E-state index contributed by atoms with van der Waals surface area (Å²) in [5.41, 5.74) is 2.66. The van der Waals surface area contributed by atoms with E-state index >= 15 is 0 Å². The van der Waals surface area contributed by atoms with Crippen LogP contribution in [-0.2, 0) is 0 Å². The Morgan fingerprint density at radius 2 is 2.24 bits per heavy atom. The van der Waals surface area contributed by atoms with E-state index in [0.717, 1.165) is 12.1 Å². The highest BCUT2D eigenvalue weighted by Crippen LogP contribution is 2.06. The fourth-order valence-electron chi connectivity index (χ4n) is 0.971. The summed E-state index contributed by atoms with van der Waals surface area (Å²) in [4.78, 5) is 0. The van der Waals surface area contributed by atoms with Gasteiger partial charge in [-0.15, -0.1) is 6.58 Å². The second kappa shape index (κ2) is 6.70. The Morgan fingerprint density at radius 1 is 1.47 bits per heavy atom. The SMILES string of the molecule is C=CCNC(=S)NN=Cc1ccc(F)cc1F. The number of nitrogens with one attached hydrogen (secondary N) is 2. The third-order valence-electron chi connectivity index (χ3n) is 1.74. The molecule has 0 atom stereocenters. The highest BCUT2D eigenvalue weighted by molar-refractivity contribution is 7.80. The van der Waals surface area contributed by atoms with Crippen LogP contribution in [0.5, 0.6) is 0 Å². The van der Waals surface area contributed by atoms with Crippen molar-refractivity contribution in [1.29, 1.82) is 0 Å². The maximum Gasteiger partial charge on any atom is 0.187 e. The average Bonchev–Trinajstić information content (AvgIpc) is 2.29. The molecule has 0 spiro atoms. The smallest absolute Gasteiger partial charge is 0.187 e. The van der Waals surface area contributed by atoms with Gasteiger partial charge in [0, 0.05) is 18.2 Å². The lowest BCUT2D eigenvalue weighted by Gasteiger charge is -2.03. The van der Waals surface area contributed by atoms with E-state index in [1.54, 1.807) is 6.08 Å². The van der Waals surface area contributed by atoms with Gasteiger partial charge in [0.1, 0.15) is 11.6 Å². The molecular weight excluding hydrogens is 244 g/mol. The van der Waals surface area contributed by atoms with Gasteiger partial charge in [0.05, 0.1) is 6.21 Å². The Kier molecular flexibility index (Phi) is 5.22. The minimum atomic E-state index is -0.680. The lowest BCUT2D eigenvalue weighted by Crippen LogP contribution is -2.31. The van der Waals surface area contributed by atoms with Crippen LogP contribution in [0.3, 0.4) is 0 Å². The van der Waals surface area contributed by atoms with Gasteiger partial charge in [-0.05, 0) is 24.4 Å². The van der Waals surface area contributed by atoms with E-state index in [-0.39, 0.29) is 5.56 Å².